The van der Waals surface area contributed by atoms with E-state index in [-0.39, 0.29) is 12.0 Å². The Balaban J connectivity index is 2.15. The largest absolute Gasteiger partial charge is 0.250 e. The van der Waals surface area contributed by atoms with Gasteiger partial charge in [0, 0.05) is 6.04 Å². The van der Waals surface area contributed by atoms with Gasteiger partial charge in [0.25, 0.3) is 0 Å². The van der Waals surface area contributed by atoms with E-state index in [0.717, 1.165) is 3.79 Å². The zero-order chi connectivity index (χ0) is 14.8. The Labute approximate surface area is 130 Å². The number of halogens is 1. The van der Waals surface area contributed by atoms with Gasteiger partial charge in [-0.3, -0.25) is 0 Å². The average molecular weight is 379 g/mol. The number of nitrogens with zero attached hydrogens (tertiary/aromatic N) is 3. The lowest BCUT2D eigenvalue weighted by Gasteiger charge is -2.21. The van der Waals surface area contributed by atoms with E-state index in [1.54, 1.807) is 24.5 Å². The molecule has 0 unspecified atom stereocenters. The van der Waals surface area contributed by atoms with Crippen molar-refractivity contribution >= 4 is 37.3 Å². The van der Waals surface area contributed by atoms with Crippen LogP contribution in [-0.2, 0) is 16.6 Å². The molecule has 0 saturated heterocycles. The van der Waals surface area contributed by atoms with E-state index in [1.807, 2.05) is 13.8 Å². The second-order valence-corrected chi connectivity index (χ2v) is 9.02. The maximum Gasteiger partial charge on any atom is 0.250 e. The molecule has 0 bridgehead atoms. The fraction of sp³-hybridized carbons (Fsp3) is 0.455. The smallest absolute Gasteiger partial charge is 0.206 e. The van der Waals surface area contributed by atoms with Gasteiger partial charge in [0.1, 0.15) is 4.21 Å². The van der Waals surface area contributed by atoms with E-state index in [4.69, 9.17) is 0 Å². The summed E-state index contributed by atoms with van der Waals surface area (Å²) < 4.78 is 28.4. The quantitative estimate of drug-likeness (QED) is 0.834. The first-order valence-corrected chi connectivity index (χ1v) is 9.09. The van der Waals surface area contributed by atoms with Crippen LogP contribution in [0.5, 0.6) is 0 Å². The third kappa shape index (κ3) is 3.87. The number of thiophene rings is 1. The molecule has 1 atom stereocenters. The second-order valence-electron chi connectivity index (χ2n) is 4.61. The molecule has 0 aliphatic rings. The van der Waals surface area contributed by atoms with Gasteiger partial charge in [0.05, 0.1) is 22.7 Å². The number of aromatic nitrogens is 3. The highest BCUT2D eigenvalue weighted by Crippen LogP contribution is 2.26. The predicted octanol–water partition coefficient (Wildman–Crippen LogP) is 2.11. The number of nitrogens with one attached hydrogen (secondary N) is 1. The standard InChI is InChI=1S/C11H15BrN4O2S2/c1-8(2)9(7-16-13-5-6-14-16)15-20(17,18)11-4-3-10(12)19-11/h3-6,8-9,15H,7H2,1-2H3/t9-/m0/s1. The highest BCUT2D eigenvalue weighted by molar-refractivity contribution is 9.11. The highest BCUT2D eigenvalue weighted by atomic mass is 79.9. The van der Waals surface area contributed by atoms with Crippen molar-refractivity contribution in [3.05, 3.63) is 28.3 Å². The molecule has 0 fully saturated rings. The van der Waals surface area contributed by atoms with E-state index >= 15 is 0 Å². The molecular formula is C11H15BrN4O2S2. The van der Waals surface area contributed by atoms with Crippen LogP contribution in [0.3, 0.4) is 0 Å². The summed E-state index contributed by atoms with van der Waals surface area (Å²) in [5, 5.41) is 8.02. The molecule has 2 heterocycles. The molecule has 2 aromatic heterocycles. The number of sulfonamides is 1. The van der Waals surface area contributed by atoms with Crippen LogP contribution in [0.4, 0.5) is 0 Å². The summed E-state index contributed by atoms with van der Waals surface area (Å²) in [5.74, 6) is 0.124. The highest BCUT2D eigenvalue weighted by Gasteiger charge is 2.24. The summed E-state index contributed by atoms with van der Waals surface area (Å²) in [6, 6.07) is 3.03. The molecular weight excluding hydrogens is 364 g/mol. The summed E-state index contributed by atoms with van der Waals surface area (Å²) in [6.45, 7) is 4.32. The molecule has 6 nitrogen and oxygen atoms in total. The minimum Gasteiger partial charge on any atom is -0.206 e. The molecule has 0 aromatic carbocycles. The fourth-order valence-electron chi connectivity index (χ4n) is 1.60. The van der Waals surface area contributed by atoms with Gasteiger partial charge in [0.15, 0.2) is 0 Å². The first-order valence-electron chi connectivity index (χ1n) is 6.00. The average Bonchev–Trinajstić information content (AvgIpc) is 2.99. The molecule has 20 heavy (non-hydrogen) atoms. The van der Waals surface area contributed by atoms with Gasteiger partial charge >= 0.3 is 0 Å². The molecule has 0 aliphatic carbocycles. The Morgan fingerprint density at radius 1 is 1.35 bits per heavy atom. The molecule has 0 aliphatic heterocycles. The van der Waals surface area contributed by atoms with Crippen LogP contribution < -0.4 is 4.72 Å². The molecule has 2 aromatic rings. The Morgan fingerprint density at radius 2 is 2.00 bits per heavy atom. The summed E-state index contributed by atoms with van der Waals surface area (Å²) in [5.41, 5.74) is 0. The number of rotatable bonds is 6. The van der Waals surface area contributed by atoms with Crippen LogP contribution in [0.25, 0.3) is 0 Å². The summed E-state index contributed by atoms with van der Waals surface area (Å²) >= 11 is 4.46. The van der Waals surface area contributed by atoms with E-state index < -0.39 is 10.0 Å². The zero-order valence-corrected chi connectivity index (χ0v) is 14.2. The van der Waals surface area contributed by atoms with Gasteiger partial charge in [0.2, 0.25) is 10.0 Å². The molecule has 0 radical (unpaired) electrons. The maximum atomic E-state index is 12.3. The first-order chi connectivity index (χ1) is 9.38. The van der Waals surface area contributed by atoms with E-state index in [2.05, 4.69) is 30.8 Å². The van der Waals surface area contributed by atoms with Gasteiger partial charge in [-0.1, -0.05) is 13.8 Å². The lowest BCUT2D eigenvalue weighted by Crippen LogP contribution is -2.41. The van der Waals surface area contributed by atoms with Crippen molar-refractivity contribution in [2.24, 2.45) is 5.92 Å². The van der Waals surface area contributed by atoms with Crippen LogP contribution in [0, 0.1) is 5.92 Å². The van der Waals surface area contributed by atoms with E-state index in [0.29, 0.717) is 10.8 Å². The monoisotopic (exact) mass is 378 g/mol. The SMILES string of the molecule is CC(C)[C@H](Cn1nccn1)NS(=O)(=O)c1ccc(Br)s1. The zero-order valence-electron chi connectivity index (χ0n) is 11.0. The third-order valence-corrected chi connectivity index (χ3v) is 6.36. The minimum atomic E-state index is -3.52. The summed E-state index contributed by atoms with van der Waals surface area (Å²) in [7, 11) is -3.52. The van der Waals surface area contributed by atoms with Gasteiger partial charge in [-0.2, -0.15) is 15.0 Å². The minimum absolute atomic E-state index is 0.124. The van der Waals surface area contributed by atoms with Crippen molar-refractivity contribution in [1.82, 2.24) is 19.7 Å². The number of hydrogen-bond acceptors (Lipinski definition) is 5. The van der Waals surface area contributed by atoms with Crippen LogP contribution >= 0.6 is 27.3 Å². The van der Waals surface area contributed by atoms with Crippen molar-refractivity contribution < 1.29 is 8.42 Å². The van der Waals surface area contributed by atoms with Gasteiger partial charge in [-0.15, -0.1) is 11.3 Å². The lowest BCUT2D eigenvalue weighted by atomic mass is 10.1. The fourth-order valence-corrected chi connectivity index (χ4v) is 5.00. The second kappa shape index (κ2) is 6.33. The normalized spacial score (nSPS) is 13.8. The molecule has 0 spiro atoms. The molecule has 110 valence electrons. The molecule has 0 saturated carbocycles. The molecule has 2 rings (SSSR count). The van der Waals surface area contributed by atoms with E-state index in [1.165, 1.54) is 16.1 Å². The van der Waals surface area contributed by atoms with E-state index in [9.17, 15) is 8.42 Å². The Bertz CT molecular complexity index is 652. The topological polar surface area (TPSA) is 76.9 Å². The van der Waals surface area contributed by atoms with Crippen molar-refractivity contribution in [2.45, 2.75) is 30.6 Å². The van der Waals surface area contributed by atoms with Crippen molar-refractivity contribution in [3.8, 4) is 0 Å². The molecule has 1 N–H and O–H groups in total. The van der Waals surface area contributed by atoms with Crippen molar-refractivity contribution in [3.63, 3.8) is 0 Å². The first kappa shape index (κ1) is 15.6. The van der Waals surface area contributed by atoms with Crippen molar-refractivity contribution in [2.75, 3.05) is 0 Å². The Morgan fingerprint density at radius 3 is 2.50 bits per heavy atom. The van der Waals surface area contributed by atoms with Crippen molar-refractivity contribution in [1.29, 1.82) is 0 Å². The van der Waals surface area contributed by atoms with Gasteiger partial charge in [-0.05, 0) is 34.0 Å². The third-order valence-electron chi connectivity index (χ3n) is 2.75. The van der Waals surface area contributed by atoms with Gasteiger partial charge in [-0.25, -0.2) is 13.1 Å². The van der Waals surface area contributed by atoms with Crippen LogP contribution in [0.15, 0.2) is 32.5 Å². The summed E-state index contributed by atoms with van der Waals surface area (Å²) in [6.07, 6.45) is 3.14. The van der Waals surface area contributed by atoms with Gasteiger partial charge < -0.3 is 0 Å². The van der Waals surface area contributed by atoms with Crippen LogP contribution in [0.2, 0.25) is 0 Å². The summed E-state index contributed by atoms with van der Waals surface area (Å²) in [4.78, 5) is 1.48. The van der Waals surface area contributed by atoms with Crippen LogP contribution in [-0.4, -0.2) is 29.5 Å². The Hall–Kier alpha value is -0.770. The maximum absolute atomic E-state index is 12.3. The predicted molar refractivity (Wildman–Crippen MR) is 81.0 cm³/mol. The number of hydrogen-bond donors (Lipinski definition) is 1. The molecule has 9 heteroatoms. The Kier molecular flexibility index (Phi) is 4.95. The van der Waals surface area contributed by atoms with Crippen LogP contribution in [0.1, 0.15) is 13.8 Å². The molecule has 0 amide bonds. The lowest BCUT2D eigenvalue weighted by molar-refractivity contribution is 0.361.